The molecule has 0 aliphatic carbocycles. The van der Waals surface area contributed by atoms with Crippen molar-refractivity contribution in [3.05, 3.63) is 11.6 Å². The molecule has 1 aliphatic rings. The van der Waals surface area contributed by atoms with E-state index < -0.39 is 18.1 Å². The van der Waals surface area contributed by atoms with Crippen molar-refractivity contribution in [3.8, 4) is 0 Å². The lowest BCUT2D eigenvalue weighted by Crippen LogP contribution is -2.41. The first-order valence-electron chi connectivity index (χ1n) is 5.36. The highest BCUT2D eigenvalue weighted by Gasteiger charge is 2.38. The molecule has 1 fully saturated rings. The molecule has 16 heavy (non-hydrogen) atoms. The molecule has 2 atom stereocenters. The van der Waals surface area contributed by atoms with Gasteiger partial charge in [-0.05, 0) is 13.3 Å². The summed E-state index contributed by atoms with van der Waals surface area (Å²) >= 11 is 0. The smallest absolute Gasteiger partial charge is 0.326 e. The highest BCUT2D eigenvalue weighted by molar-refractivity contribution is 5.95. The number of hydrogen-bond acceptors (Lipinski definition) is 3. The molecule has 1 rings (SSSR count). The Kier molecular flexibility index (Phi) is 4.06. The molecule has 1 heterocycles. The number of aliphatic hydroxyl groups excluding tert-OH is 1. The summed E-state index contributed by atoms with van der Waals surface area (Å²) in [7, 11) is 0. The van der Waals surface area contributed by atoms with Gasteiger partial charge in [0.2, 0.25) is 5.91 Å². The lowest BCUT2D eigenvalue weighted by atomic mass is 10.2. The van der Waals surface area contributed by atoms with Crippen LogP contribution in [0.25, 0.3) is 0 Å². The Hall–Kier alpha value is -1.36. The van der Waals surface area contributed by atoms with Gasteiger partial charge in [-0.1, -0.05) is 13.0 Å². The van der Waals surface area contributed by atoms with Gasteiger partial charge in [0.05, 0.1) is 6.10 Å². The fraction of sp³-hybridized carbons (Fsp3) is 0.636. The average molecular weight is 227 g/mol. The van der Waals surface area contributed by atoms with Gasteiger partial charge in [-0.2, -0.15) is 0 Å². The summed E-state index contributed by atoms with van der Waals surface area (Å²) < 4.78 is 0. The summed E-state index contributed by atoms with van der Waals surface area (Å²) in [6, 6.07) is -0.900. The van der Waals surface area contributed by atoms with Gasteiger partial charge >= 0.3 is 5.97 Å². The summed E-state index contributed by atoms with van der Waals surface area (Å²) in [5.41, 5.74) is 0.530. The molecule has 0 bridgehead atoms. The second-order valence-corrected chi connectivity index (χ2v) is 4.00. The van der Waals surface area contributed by atoms with Crippen LogP contribution in [-0.2, 0) is 9.59 Å². The number of β-amino-alcohol motifs (C(OH)–C–C–N with tert-alkyl or cyclic N) is 1. The van der Waals surface area contributed by atoms with Crippen molar-refractivity contribution in [2.45, 2.75) is 38.8 Å². The Morgan fingerprint density at radius 1 is 1.50 bits per heavy atom. The summed E-state index contributed by atoms with van der Waals surface area (Å²) in [6.45, 7) is 3.67. The van der Waals surface area contributed by atoms with Crippen LogP contribution < -0.4 is 0 Å². The van der Waals surface area contributed by atoms with E-state index in [0.717, 1.165) is 6.42 Å². The van der Waals surface area contributed by atoms with E-state index in [4.69, 9.17) is 5.11 Å². The van der Waals surface area contributed by atoms with E-state index in [1.54, 1.807) is 13.0 Å². The van der Waals surface area contributed by atoms with Crippen LogP contribution in [0.4, 0.5) is 0 Å². The SMILES string of the molecule is CC/C=C(\C)C(=O)N1CC(O)CC1C(=O)O. The third-order valence-electron chi connectivity index (χ3n) is 2.67. The van der Waals surface area contributed by atoms with Gasteiger partial charge in [0.25, 0.3) is 0 Å². The largest absolute Gasteiger partial charge is 0.480 e. The van der Waals surface area contributed by atoms with Crippen LogP contribution in [-0.4, -0.2) is 45.7 Å². The van der Waals surface area contributed by atoms with Gasteiger partial charge in [0.1, 0.15) is 6.04 Å². The Balaban J connectivity index is 2.82. The minimum atomic E-state index is -1.06. The fourth-order valence-corrected chi connectivity index (χ4v) is 1.89. The molecule has 2 unspecified atom stereocenters. The Labute approximate surface area is 94.4 Å². The quantitative estimate of drug-likeness (QED) is 0.684. The van der Waals surface area contributed by atoms with Gasteiger partial charge in [-0.15, -0.1) is 0 Å². The highest BCUT2D eigenvalue weighted by Crippen LogP contribution is 2.20. The van der Waals surface area contributed by atoms with E-state index in [1.807, 2.05) is 6.92 Å². The van der Waals surface area contributed by atoms with Gasteiger partial charge in [-0.25, -0.2) is 4.79 Å². The number of hydrogen-bond donors (Lipinski definition) is 2. The first-order chi connectivity index (χ1) is 7.47. The Bertz CT molecular complexity index is 324. The number of carbonyl (C=O) groups excluding carboxylic acids is 1. The molecule has 5 nitrogen and oxygen atoms in total. The number of carboxylic acid groups (broad SMARTS) is 1. The second-order valence-electron chi connectivity index (χ2n) is 4.00. The second kappa shape index (κ2) is 5.12. The van der Waals surface area contributed by atoms with E-state index in [-0.39, 0.29) is 18.9 Å². The number of carboxylic acids is 1. The molecule has 2 N–H and O–H groups in total. The van der Waals surface area contributed by atoms with Gasteiger partial charge < -0.3 is 15.1 Å². The minimum absolute atomic E-state index is 0.102. The minimum Gasteiger partial charge on any atom is -0.480 e. The molecule has 0 saturated carbocycles. The van der Waals surface area contributed by atoms with Crippen molar-refractivity contribution in [1.29, 1.82) is 0 Å². The summed E-state index contributed by atoms with van der Waals surface area (Å²) in [6.07, 6.45) is 1.86. The lowest BCUT2D eigenvalue weighted by molar-refractivity contribution is -0.146. The van der Waals surface area contributed by atoms with E-state index in [9.17, 15) is 14.7 Å². The third kappa shape index (κ3) is 2.61. The predicted molar refractivity (Wildman–Crippen MR) is 57.8 cm³/mol. The van der Waals surface area contributed by atoms with Gasteiger partial charge in [0, 0.05) is 18.5 Å². The molecular formula is C11H17NO4. The normalized spacial score (nSPS) is 25.9. The number of allylic oxidation sites excluding steroid dienone is 1. The van der Waals surface area contributed by atoms with E-state index in [0.29, 0.717) is 5.57 Å². The Morgan fingerprint density at radius 2 is 2.12 bits per heavy atom. The molecule has 1 saturated heterocycles. The van der Waals surface area contributed by atoms with Crippen LogP contribution in [0.15, 0.2) is 11.6 Å². The summed E-state index contributed by atoms with van der Waals surface area (Å²) in [5, 5.41) is 18.3. The van der Waals surface area contributed by atoms with Crippen LogP contribution >= 0.6 is 0 Å². The van der Waals surface area contributed by atoms with Crippen molar-refractivity contribution in [1.82, 2.24) is 4.90 Å². The van der Waals surface area contributed by atoms with Crippen molar-refractivity contribution in [2.75, 3.05) is 6.54 Å². The van der Waals surface area contributed by atoms with Crippen molar-refractivity contribution in [3.63, 3.8) is 0 Å². The molecule has 90 valence electrons. The van der Waals surface area contributed by atoms with Crippen molar-refractivity contribution in [2.24, 2.45) is 0 Å². The zero-order valence-corrected chi connectivity index (χ0v) is 9.51. The predicted octanol–water partition coefficient (Wildman–Crippen LogP) is 0.389. The number of aliphatic hydroxyl groups is 1. The van der Waals surface area contributed by atoms with E-state index >= 15 is 0 Å². The van der Waals surface area contributed by atoms with Crippen LogP contribution in [0.1, 0.15) is 26.7 Å². The molecule has 0 aromatic carbocycles. The third-order valence-corrected chi connectivity index (χ3v) is 2.67. The topological polar surface area (TPSA) is 77.8 Å². The van der Waals surface area contributed by atoms with Crippen LogP contribution in [0.5, 0.6) is 0 Å². The molecular weight excluding hydrogens is 210 g/mol. The molecule has 0 spiro atoms. The lowest BCUT2D eigenvalue weighted by Gasteiger charge is -2.21. The maximum atomic E-state index is 11.9. The average Bonchev–Trinajstić information content (AvgIpc) is 2.59. The number of likely N-dealkylation sites (tertiary alicyclic amines) is 1. The Morgan fingerprint density at radius 3 is 2.62 bits per heavy atom. The van der Waals surface area contributed by atoms with E-state index in [1.165, 1.54) is 4.90 Å². The zero-order chi connectivity index (χ0) is 12.3. The maximum absolute atomic E-state index is 11.9. The van der Waals surface area contributed by atoms with Crippen LogP contribution in [0, 0.1) is 0 Å². The molecule has 5 heteroatoms. The zero-order valence-electron chi connectivity index (χ0n) is 9.51. The van der Waals surface area contributed by atoms with Crippen molar-refractivity contribution >= 4 is 11.9 Å². The standard InChI is InChI=1S/C11H17NO4/c1-3-4-7(2)10(14)12-6-8(13)5-9(12)11(15)16/h4,8-9,13H,3,5-6H2,1-2H3,(H,15,16)/b7-4+. The first kappa shape index (κ1) is 12.7. The number of aliphatic carboxylic acids is 1. The van der Waals surface area contributed by atoms with Crippen LogP contribution in [0.3, 0.4) is 0 Å². The molecule has 0 aromatic rings. The number of nitrogens with zero attached hydrogens (tertiary/aromatic N) is 1. The molecule has 0 radical (unpaired) electrons. The number of rotatable bonds is 3. The number of carbonyl (C=O) groups is 2. The van der Waals surface area contributed by atoms with Gasteiger partial charge in [-0.3, -0.25) is 4.79 Å². The molecule has 1 aliphatic heterocycles. The molecule has 1 amide bonds. The number of amides is 1. The monoisotopic (exact) mass is 227 g/mol. The summed E-state index contributed by atoms with van der Waals surface area (Å²) in [5.74, 6) is -1.36. The van der Waals surface area contributed by atoms with Gasteiger partial charge in [0.15, 0.2) is 0 Å². The fourth-order valence-electron chi connectivity index (χ4n) is 1.89. The molecule has 0 aromatic heterocycles. The first-order valence-corrected chi connectivity index (χ1v) is 5.36. The maximum Gasteiger partial charge on any atom is 0.326 e. The van der Waals surface area contributed by atoms with Crippen molar-refractivity contribution < 1.29 is 19.8 Å². The van der Waals surface area contributed by atoms with Crippen LogP contribution in [0.2, 0.25) is 0 Å². The summed E-state index contributed by atoms with van der Waals surface area (Å²) in [4.78, 5) is 24.0. The highest BCUT2D eigenvalue weighted by atomic mass is 16.4. The van der Waals surface area contributed by atoms with E-state index in [2.05, 4.69) is 0 Å².